The number of hydrogen-bond donors (Lipinski definition) is 2. The van der Waals surface area contributed by atoms with Crippen molar-refractivity contribution in [2.24, 2.45) is 0 Å². The normalized spacial score (nSPS) is 11.0. The predicted octanol–water partition coefficient (Wildman–Crippen LogP) is 2.39. The van der Waals surface area contributed by atoms with Gasteiger partial charge in [-0.25, -0.2) is 14.2 Å². The van der Waals surface area contributed by atoms with Gasteiger partial charge in [0.25, 0.3) is 11.5 Å². The minimum absolute atomic E-state index is 0.0631. The zero-order chi connectivity index (χ0) is 22.8. The lowest BCUT2D eigenvalue weighted by Crippen LogP contribution is -2.38. The number of anilines is 1. The fourth-order valence-corrected chi connectivity index (χ4v) is 4.32. The molecule has 0 unspecified atom stereocenters. The van der Waals surface area contributed by atoms with E-state index < -0.39 is 17.1 Å². The lowest BCUT2D eigenvalue weighted by molar-refractivity contribution is 0.0954. The van der Waals surface area contributed by atoms with Gasteiger partial charge in [-0.1, -0.05) is 12.1 Å². The molecule has 164 valence electrons. The van der Waals surface area contributed by atoms with Crippen LogP contribution >= 0.6 is 11.3 Å². The standard InChI is InChI=1S/C22H20FN5O3S/c1-13-20(30)27(11-15-4-3-5-16(23)8-15)22(31)28-12-17(32-21(13)28)19(29)26-10-14-6-7-25-18(9-14)24-2/h3-9,12H,10-11H2,1-2H3,(H,24,25)(H,26,29). The molecule has 0 saturated heterocycles. The molecule has 4 rings (SSSR count). The lowest BCUT2D eigenvalue weighted by atomic mass is 10.2. The number of pyridine rings is 1. The molecule has 0 saturated carbocycles. The summed E-state index contributed by atoms with van der Waals surface area (Å²) in [6.45, 7) is 1.82. The third-order valence-corrected chi connectivity index (χ3v) is 6.19. The maximum atomic E-state index is 13.5. The monoisotopic (exact) mass is 453 g/mol. The van der Waals surface area contributed by atoms with E-state index in [1.54, 1.807) is 32.3 Å². The van der Waals surface area contributed by atoms with Crippen LogP contribution in [-0.4, -0.2) is 26.9 Å². The second-order valence-corrected chi connectivity index (χ2v) is 8.21. The summed E-state index contributed by atoms with van der Waals surface area (Å²) in [5, 5.41) is 5.75. The average molecular weight is 453 g/mol. The quantitative estimate of drug-likeness (QED) is 0.467. The largest absolute Gasteiger partial charge is 0.373 e. The molecule has 0 atom stereocenters. The van der Waals surface area contributed by atoms with Gasteiger partial charge in [0.05, 0.1) is 6.54 Å². The Morgan fingerprint density at radius 2 is 2.00 bits per heavy atom. The fraction of sp³-hybridized carbons (Fsp3) is 0.182. The topological polar surface area (TPSA) is 97.5 Å². The third-order valence-electron chi connectivity index (χ3n) is 4.98. The van der Waals surface area contributed by atoms with Crippen LogP contribution in [0.5, 0.6) is 0 Å². The minimum atomic E-state index is -0.581. The van der Waals surface area contributed by atoms with Gasteiger partial charge < -0.3 is 10.6 Å². The highest BCUT2D eigenvalue weighted by molar-refractivity contribution is 7.19. The Kier molecular flexibility index (Phi) is 5.87. The van der Waals surface area contributed by atoms with Crippen molar-refractivity contribution in [1.29, 1.82) is 0 Å². The van der Waals surface area contributed by atoms with Crippen LogP contribution in [0.2, 0.25) is 0 Å². The number of aromatic nitrogens is 3. The van der Waals surface area contributed by atoms with Gasteiger partial charge in [0.15, 0.2) is 0 Å². The number of hydrogen-bond acceptors (Lipinski definition) is 6. The maximum Gasteiger partial charge on any atom is 0.336 e. The number of carbonyl (C=O) groups is 1. The summed E-state index contributed by atoms with van der Waals surface area (Å²) in [4.78, 5) is 43.3. The predicted molar refractivity (Wildman–Crippen MR) is 121 cm³/mol. The van der Waals surface area contributed by atoms with Crippen LogP contribution in [0.3, 0.4) is 0 Å². The van der Waals surface area contributed by atoms with Crippen molar-refractivity contribution < 1.29 is 9.18 Å². The van der Waals surface area contributed by atoms with E-state index in [0.29, 0.717) is 26.7 Å². The van der Waals surface area contributed by atoms with E-state index in [4.69, 9.17) is 0 Å². The Morgan fingerprint density at radius 1 is 1.19 bits per heavy atom. The third kappa shape index (κ3) is 4.17. The van der Waals surface area contributed by atoms with Crippen molar-refractivity contribution in [1.82, 2.24) is 19.3 Å². The van der Waals surface area contributed by atoms with Crippen LogP contribution in [0.15, 0.2) is 58.4 Å². The van der Waals surface area contributed by atoms with Crippen molar-refractivity contribution >= 4 is 27.9 Å². The van der Waals surface area contributed by atoms with E-state index >= 15 is 0 Å². The number of nitrogens with zero attached hydrogens (tertiary/aromatic N) is 3. The molecule has 3 heterocycles. The van der Waals surface area contributed by atoms with Gasteiger partial charge in [-0.15, -0.1) is 11.3 Å². The van der Waals surface area contributed by atoms with Crippen LogP contribution in [0.1, 0.15) is 26.4 Å². The van der Waals surface area contributed by atoms with Crippen molar-refractivity contribution in [3.05, 3.63) is 97.0 Å². The van der Waals surface area contributed by atoms with Gasteiger partial charge in [-0.2, -0.15) is 0 Å². The molecule has 32 heavy (non-hydrogen) atoms. The Labute approximate surface area is 186 Å². The zero-order valence-corrected chi connectivity index (χ0v) is 18.2. The summed E-state index contributed by atoms with van der Waals surface area (Å²) in [6.07, 6.45) is 3.07. The highest BCUT2D eigenvalue weighted by atomic mass is 32.1. The van der Waals surface area contributed by atoms with Crippen LogP contribution in [-0.2, 0) is 13.1 Å². The molecule has 1 aromatic carbocycles. The Morgan fingerprint density at radius 3 is 2.75 bits per heavy atom. The lowest BCUT2D eigenvalue weighted by Gasteiger charge is -2.07. The number of benzene rings is 1. The molecule has 0 radical (unpaired) electrons. The Hall–Kier alpha value is -3.79. The number of amides is 1. The molecule has 1 amide bonds. The number of nitrogens with one attached hydrogen (secondary N) is 2. The van der Waals surface area contributed by atoms with Crippen molar-refractivity contribution in [2.75, 3.05) is 12.4 Å². The van der Waals surface area contributed by atoms with Crippen molar-refractivity contribution in [3.8, 4) is 0 Å². The Bertz CT molecular complexity index is 1440. The van der Waals surface area contributed by atoms with Gasteiger partial charge in [-0.3, -0.25) is 18.6 Å². The summed E-state index contributed by atoms with van der Waals surface area (Å²) < 4.78 is 15.8. The minimum Gasteiger partial charge on any atom is -0.373 e. The van der Waals surface area contributed by atoms with E-state index in [9.17, 15) is 18.8 Å². The molecule has 8 nitrogen and oxygen atoms in total. The second-order valence-electron chi connectivity index (χ2n) is 7.18. The van der Waals surface area contributed by atoms with Crippen molar-refractivity contribution in [2.45, 2.75) is 20.0 Å². The van der Waals surface area contributed by atoms with E-state index in [-0.39, 0.29) is 19.0 Å². The highest BCUT2D eigenvalue weighted by Gasteiger charge is 2.18. The van der Waals surface area contributed by atoms with Gasteiger partial charge in [0, 0.05) is 31.5 Å². The molecule has 0 aliphatic rings. The molecule has 0 bridgehead atoms. The van der Waals surface area contributed by atoms with Gasteiger partial charge in [-0.05, 0) is 42.3 Å². The molecule has 0 fully saturated rings. The van der Waals surface area contributed by atoms with Crippen LogP contribution in [0.25, 0.3) is 4.83 Å². The molecule has 4 aromatic rings. The summed E-state index contributed by atoms with van der Waals surface area (Å²) in [5.41, 5.74) is 0.655. The smallest absolute Gasteiger partial charge is 0.336 e. The number of thiazole rings is 1. The molecular formula is C22H20FN5O3S. The van der Waals surface area contributed by atoms with Crippen LogP contribution < -0.4 is 21.9 Å². The molecular weight excluding hydrogens is 433 g/mol. The molecule has 0 spiro atoms. The zero-order valence-electron chi connectivity index (χ0n) is 17.4. The fourth-order valence-electron chi connectivity index (χ4n) is 3.32. The molecule has 3 aromatic heterocycles. The van der Waals surface area contributed by atoms with Gasteiger partial charge in [0.1, 0.15) is 21.3 Å². The molecule has 2 N–H and O–H groups in total. The summed E-state index contributed by atoms with van der Waals surface area (Å²) in [5.74, 6) is -0.116. The van der Waals surface area contributed by atoms with Gasteiger partial charge >= 0.3 is 5.69 Å². The van der Waals surface area contributed by atoms with E-state index in [2.05, 4.69) is 15.6 Å². The first-order valence-electron chi connectivity index (χ1n) is 9.78. The summed E-state index contributed by atoms with van der Waals surface area (Å²) >= 11 is 1.07. The number of halogens is 1. The Balaban J connectivity index is 1.64. The summed E-state index contributed by atoms with van der Waals surface area (Å²) in [6, 6.07) is 9.35. The van der Waals surface area contributed by atoms with Crippen molar-refractivity contribution in [3.63, 3.8) is 0 Å². The first-order chi connectivity index (χ1) is 15.4. The number of carbonyl (C=O) groups excluding carboxylic acids is 1. The first-order valence-corrected chi connectivity index (χ1v) is 10.6. The number of rotatable bonds is 6. The van der Waals surface area contributed by atoms with E-state index in [0.717, 1.165) is 21.5 Å². The van der Waals surface area contributed by atoms with E-state index in [1.807, 2.05) is 6.07 Å². The maximum absolute atomic E-state index is 13.5. The highest BCUT2D eigenvalue weighted by Crippen LogP contribution is 2.18. The SMILES string of the molecule is CNc1cc(CNC(=O)c2cn3c(=O)n(Cc4cccc(F)c4)c(=O)c(C)c3s2)ccn1. The van der Waals surface area contributed by atoms with E-state index in [1.165, 1.54) is 28.8 Å². The summed E-state index contributed by atoms with van der Waals surface area (Å²) in [7, 11) is 1.76. The van der Waals surface area contributed by atoms with Crippen LogP contribution in [0.4, 0.5) is 10.2 Å². The van der Waals surface area contributed by atoms with Crippen LogP contribution in [0, 0.1) is 12.7 Å². The second kappa shape index (κ2) is 8.75. The molecule has 0 aliphatic heterocycles. The average Bonchev–Trinajstić information content (AvgIpc) is 3.25. The number of fused-ring (bicyclic) bond motifs is 1. The number of aryl methyl sites for hydroxylation is 1. The molecule has 0 aliphatic carbocycles. The van der Waals surface area contributed by atoms with Gasteiger partial charge in [0.2, 0.25) is 0 Å². The first kappa shape index (κ1) is 21.4. The molecule has 10 heteroatoms.